The van der Waals surface area contributed by atoms with Crippen LogP contribution in [0.1, 0.15) is 49.6 Å². The zero-order valence-corrected chi connectivity index (χ0v) is 31.0. The van der Waals surface area contributed by atoms with Gasteiger partial charge in [-0.2, -0.15) is 10.5 Å². The molecule has 0 radical (unpaired) electrons. The summed E-state index contributed by atoms with van der Waals surface area (Å²) in [6.07, 6.45) is 6.78. The summed E-state index contributed by atoms with van der Waals surface area (Å²) in [5.74, 6) is 0.896. The van der Waals surface area contributed by atoms with Crippen molar-refractivity contribution in [3.05, 3.63) is 126 Å². The summed E-state index contributed by atoms with van der Waals surface area (Å²) in [6, 6.07) is 37.9. The van der Waals surface area contributed by atoms with E-state index >= 15 is 0 Å². The number of imidazole rings is 1. The van der Waals surface area contributed by atoms with Crippen LogP contribution >= 0.6 is 23.5 Å². The molecule has 0 spiro atoms. The number of anilines is 1. The maximum Gasteiger partial charge on any atom is 0.221 e. The minimum Gasteiger partial charge on any atom is -0.381 e. The first-order valence-electron chi connectivity index (χ1n) is 17.3. The van der Waals surface area contributed by atoms with E-state index in [0.29, 0.717) is 26.4 Å². The number of nitriles is 2. The SMILES string of the molecule is CC(=O)Nc1ccc(Sc2cccc(C3(C#N)CCOCC3)c2)cc1.Cc1nccn1-c1ccc(Sc2cccc(C3(C#N)CCOCC3)c2)cc1. The second-order valence-electron chi connectivity index (χ2n) is 12.9. The summed E-state index contributed by atoms with van der Waals surface area (Å²) >= 11 is 3.37. The minimum atomic E-state index is -0.440. The molecule has 0 saturated carbocycles. The number of carbonyl (C=O) groups excluding carboxylic acids is 1. The molecular formula is C42H41N5O3S2. The molecule has 5 aromatic rings. The van der Waals surface area contributed by atoms with Gasteiger partial charge < -0.3 is 19.4 Å². The lowest BCUT2D eigenvalue weighted by atomic mass is 9.75. The molecule has 2 saturated heterocycles. The quantitative estimate of drug-likeness (QED) is 0.168. The van der Waals surface area contributed by atoms with Crippen LogP contribution in [0.15, 0.2) is 129 Å². The van der Waals surface area contributed by atoms with E-state index in [0.717, 1.165) is 68.7 Å². The van der Waals surface area contributed by atoms with E-state index < -0.39 is 10.8 Å². The molecule has 2 aliphatic heterocycles. The first-order chi connectivity index (χ1) is 25.3. The monoisotopic (exact) mass is 727 g/mol. The number of aromatic nitrogens is 2. The Bertz CT molecular complexity index is 2050. The first kappa shape index (κ1) is 36.9. The molecule has 3 heterocycles. The van der Waals surface area contributed by atoms with Gasteiger partial charge in [-0.3, -0.25) is 4.79 Å². The van der Waals surface area contributed by atoms with Crippen LogP contribution in [0.2, 0.25) is 0 Å². The molecule has 1 N–H and O–H groups in total. The molecule has 4 aromatic carbocycles. The van der Waals surface area contributed by atoms with Crippen molar-refractivity contribution in [3.63, 3.8) is 0 Å². The highest BCUT2D eigenvalue weighted by atomic mass is 32.2. The fourth-order valence-electron chi connectivity index (χ4n) is 6.49. The Morgan fingerprint density at radius 1 is 0.731 bits per heavy atom. The second kappa shape index (κ2) is 17.1. The second-order valence-corrected chi connectivity index (χ2v) is 15.2. The van der Waals surface area contributed by atoms with Crippen molar-refractivity contribution >= 4 is 35.1 Å². The fraction of sp³-hybridized carbons (Fsp3) is 0.286. The molecule has 10 heteroatoms. The molecule has 0 aliphatic carbocycles. The number of aryl methyl sites for hydroxylation is 1. The highest BCUT2D eigenvalue weighted by Crippen LogP contribution is 2.39. The lowest BCUT2D eigenvalue weighted by Gasteiger charge is -2.31. The highest BCUT2D eigenvalue weighted by molar-refractivity contribution is 7.99. The van der Waals surface area contributed by atoms with Gasteiger partial charge in [0, 0.05) is 76.7 Å². The zero-order chi connectivity index (χ0) is 36.4. The average molecular weight is 728 g/mol. The Morgan fingerprint density at radius 3 is 1.63 bits per heavy atom. The predicted octanol–water partition coefficient (Wildman–Crippen LogP) is 9.27. The van der Waals surface area contributed by atoms with Gasteiger partial charge in [0.15, 0.2) is 0 Å². The van der Waals surface area contributed by atoms with Crippen LogP contribution in [-0.2, 0) is 25.1 Å². The Balaban J connectivity index is 0.000000179. The van der Waals surface area contributed by atoms with Crippen LogP contribution in [-0.4, -0.2) is 41.9 Å². The smallest absolute Gasteiger partial charge is 0.221 e. The molecule has 1 aromatic heterocycles. The van der Waals surface area contributed by atoms with Gasteiger partial charge in [-0.05, 0) is 117 Å². The van der Waals surface area contributed by atoms with Gasteiger partial charge in [-0.15, -0.1) is 0 Å². The van der Waals surface area contributed by atoms with Crippen molar-refractivity contribution < 1.29 is 14.3 Å². The van der Waals surface area contributed by atoms with Crippen LogP contribution in [0.25, 0.3) is 5.69 Å². The average Bonchev–Trinajstić information content (AvgIpc) is 3.62. The Labute approximate surface area is 314 Å². The summed E-state index contributed by atoms with van der Waals surface area (Å²) in [6.45, 7) is 6.07. The maximum atomic E-state index is 11.1. The molecule has 2 aliphatic rings. The number of amides is 1. The lowest BCUT2D eigenvalue weighted by molar-refractivity contribution is -0.114. The van der Waals surface area contributed by atoms with Crippen molar-refractivity contribution in [3.8, 4) is 17.8 Å². The summed E-state index contributed by atoms with van der Waals surface area (Å²) < 4.78 is 13.0. The highest BCUT2D eigenvalue weighted by Gasteiger charge is 2.35. The van der Waals surface area contributed by atoms with E-state index in [4.69, 9.17) is 9.47 Å². The third-order valence-corrected chi connectivity index (χ3v) is 11.5. The summed E-state index contributed by atoms with van der Waals surface area (Å²) in [4.78, 5) is 19.9. The van der Waals surface area contributed by atoms with Crippen LogP contribution < -0.4 is 5.32 Å². The van der Waals surface area contributed by atoms with Crippen molar-refractivity contribution in [1.29, 1.82) is 10.5 Å². The topological polar surface area (TPSA) is 113 Å². The molecule has 1 amide bonds. The van der Waals surface area contributed by atoms with Crippen molar-refractivity contribution in [1.82, 2.24) is 9.55 Å². The number of nitrogens with one attached hydrogen (secondary N) is 1. The molecule has 0 bridgehead atoms. The number of carbonyl (C=O) groups is 1. The predicted molar refractivity (Wildman–Crippen MR) is 205 cm³/mol. The Morgan fingerprint density at radius 2 is 1.21 bits per heavy atom. The Hall–Kier alpha value is -4.84. The van der Waals surface area contributed by atoms with Crippen LogP contribution in [0.5, 0.6) is 0 Å². The van der Waals surface area contributed by atoms with Crippen molar-refractivity contribution in [2.75, 3.05) is 31.7 Å². The normalized spacial score (nSPS) is 16.0. The summed E-state index contributed by atoms with van der Waals surface area (Å²) in [5.41, 5.74) is 3.20. The third-order valence-electron chi connectivity index (χ3n) is 9.48. The molecule has 8 nitrogen and oxygen atoms in total. The van der Waals surface area contributed by atoms with Gasteiger partial charge in [-0.25, -0.2) is 4.98 Å². The lowest BCUT2D eigenvalue weighted by Crippen LogP contribution is -2.32. The van der Waals surface area contributed by atoms with E-state index in [1.54, 1.807) is 23.5 Å². The summed E-state index contributed by atoms with van der Waals surface area (Å²) in [5, 5.41) is 22.3. The maximum absolute atomic E-state index is 11.1. The molecule has 7 rings (SSSR count). The molecule has 264 valence electrons. The van der Waals surface area contributed by atoms with E-state index in [9.17, 15) is 15.3 Å². The number of nitrogens with zero attached hydrogens (tertiary/aromatic N) is 4. The first-order valence-corrected chi connectivity index (χ1v) is 19.0. The molecular weight excluding hydrogens is 687 g/mol. The number of benzene rings is 4. The largest absolute Gasteiger partial charge is 0.381 e. The summed E-state index contributed by atoms with van der Waals surface area (Å²) in [7, 11) is 0. The van der Waals surface area contributed by atoms with Gasteiger partial charge in [0.1, 0.15) is 5.82 Å². The van der Waals surface area contributed by atoms with Crippen LogP contribution in [0.4, 0.5) is 5.69 Å². The minimum absolute atomic E-state index is 0.0774. The number of ether oxygens (including phenoxy) is 2. The molecule has 52 heavy (non-hydrogen) atoms. The fourth-order valence-corrected chi connectivity index (χ4v) is 8.25. The van der Waals surface area contributed by atoms with Gasteiger partial charge in [-0.1, -0.05) is 47.8 Å². The zero-order valence-electron chi connectivity index (χ0n) is 29.4. The third kappa shape index (κ3) is 8.96. The van der Waals surface area contributed by atoms with E-state index in [1.807, 2.05) is 55.7 Å². The van der Waals surface area contributed by atoms with Crippen molar-refractivity contribution in [2.45, 2.75) is 69.9 Å². The number of hydrogen-bond acceptors (Lipinski definition) is 8. The number of hydrogen-bond donors (Lipinski definition) is 1. The molecule has 0 unspecified atom stereocenters. The van der Waals surface area contributed by atoms with Crippen LogP contribution in [0, 0.1) is 29.6 Å². The standard InChI is InChI=1S/C22H21N3OS.C20H20N2O2S/c1-17-24-11-12-25(17)19-5-7-20(8-6-19)27-21-4-2-3-18(15-21)22(16-23)9-13-26-14-10-22;1-15(23)22-17-5-7-18(8-6-17)25-19-4-2-3-16(13-19)20(14-21)9-11-24-12-10-20/h2-8,11-12,15H,9-10,13-14H2,1H3;2-8,13H,9-12H2,1H3,(H,22,23). The van der Waals surface area contributed by atoms with Gasteiger partial charge in [0.2, 0.25) is 5.91 Å². The number of rotatable bonds is 8. The van der Waals surface area contributed by atoms with Crippen LogP contribution in [0.3, 0.4) is 0 Å². The van der Waals surface area contributed by atoms with E-state index in [-0.39, 0.29) is 5.91 Å². The van der Waals surface area contributed by atoms with E-state index in [1.165, 1.54) is 11.8 Å². The molecule has 2 fully saturated rings. The van der Waals surface area contributed by atoms with Crippen molar-refractivity contribution in [2.24, 2.45) is 0 Å². The van der Waals surface area contributed by atoms with Gasteiger partial charge in [0.05, 0.1) is 23.0 Å². The van der Waals surface area contributed by atoms with Gasteiger partial charge in [0.25, 0.3) is 0 Å². The van der Waals surface area contributed by atoms with Gasteiger partial charge >= 0.3 is 0 Å². The molecule has 0 atom stereocenters. The van der Waals surface area contributed by atoms with E-state index in [2.05, 4.69) is 87.7 Å². The Kier molecular flexibility index (Phi) is 12.2.